The zero-order chi connectivity index (χ0) is 16.2. The first kappa shape index (κ1) is 15.1. The Hall–Kier alpha value is -2.82. The van der Waals surface area contributed by atoms with E-state index in [9.17, 15) is 0 Å². The second kappa shape index (κ2) is 6.52. The lowest BCUT2D eigenvalue weighted by Crippen LogP contribution is -1.99. The first-order chi connectivity index (χ1) is 11.2. The number of rotatable bonds is 5. The van der Waals surface area contributed by atoms with E-state index in [4.69, 9.17) is 14.0 Å². The number of nitrogens with zero attached hydrogens (tertiary/aromatic N) is 2. The molecule has 0 bridgehead atoms. The molecular formula is C18H18N2O3. The summed E-state index contributed by atoms with van der Waals surface area (Å²) in [5.74, 6) is 2.59. The summed E-state index contributed by atoms with van der Waals surface area (Å²) >= 11 is 0. The summed E-state index contributed by atoms with van der Waals surface area (Å²) in [6.07, 6.45) is 0. The van der Waals surface area contributed by atoms with Crippen LogP contribution in [0.15, 0.2) is 47.0 Å². The van der Waals surface area contributed by atoms with Gasteiger partial charge in [0.1, 0.15) is 11.5 Å². The molecule has 0 saturated heterocycles. The van der Waals surface area contributed by atoms with Gasteiger partial charge in [-0.2, -0.15) is 4.98 Å². The molecule has 0 radical (unpaired) electrons. The minimum atomic E-state index is 0.268. The van der Waals surface area contributed by atoms with Gasteiger partial charge in [-0.1, -0.05) is 17.3 Å². The third kappa shape index (κ3) is 3.51. The fourth-order valence-electron chi connectivity index (χ4n) is 2.17. The average Bonchev–Trinajstić information content (AvgIpc) is 3.05. The van der Waals surface area contributed by atoms with Crippen LogP contribution in [-0.2, 0) is 6.61 Å². The Morgan fingerprint density at radius 3 is 2.57 bits per heavy atom. The fourth-order valence-corrected chi connectivity index (χ4v) is 2.17. The fraction of sp³-hybridized carbons (Fsp3) is 0.222. The van der Waals surface area contributed by atoms with Crippen molar-refractivity contribution in [1.82, 2.24) is 10.1 Å². The zero-order valence-electron chi connectivity index (χ0n) is 13.4. The molecule has 23 heavy (non-hydrogen) atoms. The molecule has 1 heterocycles. The summed E-state index contributed by atoms with van der Waals surface area (Å²) in [4.78, 5) is 4.36. The van der Waals surface area contributed by atoms with E-state index < -0.39 is 0 Å². The maximum atomic E-state index is 5.78. The molecule has 0 aliphatic heterocycles. The Bertz CT molecular complexity index is 794. The largest absolute Gasteiger partial charge is 0.497 e. The lowest BCUT2D eigenvalue weighted by Gasteiger charge is -2.07. The van der Waals surface area contributed by atoms with Gasteiger partial charge in [0.2, 0.25) is 5.82 Å². The lowest BCUT2D eigenvalue weighted by atomic mass is 10.1. The SMILES string of the molecule is COc1ccc(-c2nc(COc3cc(C)ccc3C)no2)cc1. The number of ether oxygens (including phenoxy) is 2. The van der Waals surface area contributed by atoms with Crippen LogP contribution in [0.25, 0.3) is 11.5 Å². The van der Waals surface area contributed by atoms with Gasteiger partial charge in [0.15, 0.2) is 6.61 Å². The summed E-state index contributed by atoms with van der Waals surface area (Å²) in [6.45, 7) is 4.31. The molecule has 3 aromatic rings. The van der Waals surface area contributed by atoms with Crippen LogP contribution in [0.3, 0.4) is 0 Å². The molecule has 0 aliphatic carbocycles. The van der Waals surface area contributed by atoms with Crippen molar-refractivity contribution in [3.63, 3.8) is 0 Å². The van der Waals surface area contributed by atoms with Crippen LogP contribution < -0.4 is 9.47 Å². The molecule has 0 amide bonds. The minimum absolute atomic E-state index is 0.268. The predicted octanol–water partition coefficient (Wildman–Crippen LogP) is 3.94. The Morgan fingerprint density at radius 1 is 1.04 bits per heavy atom. The maximum Gasteiger partial charge on any atom is 0.258 e. The first-order valence-corrected chi connectivity index (χ1v) is 7.33. The summed E-state index contributed by atoms with van der Waals surface area (Å²) in [6, 6.07) is 13.5. The van der Waals surface area contributed by atoms with Crippen LogP contribution in [0.4, 0.5) is 0 Å². The highest BCUT2D eigenvalue weighted by molar-refractivity contribution is 5.54. The number of hydrogen-bond donors (Lipinski definition) is 0. The minimum Gasteiger partial charge on any atom is -0.497 e. The molecule has 0 N–H and O–H groups in total. The molecule has 0 aliphatic rings. The number of hydrogen-bond acceptors (Lipinski definition) is 5. The second-order valence-corrected chi connectivity index (χ2v) is 5.30. The molecule has 5 nitrogen and oxygen atoms in total. The molecule has 118 valence electrons. The Kier molecular flexibility index (Phi) is 4.28. The molecule has 0 spiro atoms. The average molecular weight is 310 g/mol. The van der Waals surface area contributed by atoms with E-state index in [1.807, 2.05) is 50.2 Å². The van der Waals surface area contributed by atoms with Gasteiger partial charge in [-0.15, -0.1) is 0 Å². The van der Waals surface area contributed by atoms with E-state index in [1.165, 1.54) is 0 Å². The number of aromatic nitrogens is 2. The van der Waals surface area contributed by atoms with Crippen molar-refractivity contribution in [1.29, 1.82) is 0 Å². The zero-order valence-corrected chi connectivity index (χ0v) is 13.4. The third-order valence-corrected chi connectivity index (χ3v) is 3.51. The number of benzene rings is 2. The summed E-state index contributed by atoms with van der Waals surface area (Å²) in [5.41, 5.74) is 3.07. The van der Waals surface area contributed by atoms with Gasteiger partial charge in [0, 0.05) is 5.56 Å². The quantitative estimate of drug-likeness (QED) is 0.714. The highest BCUT2D eigenvalue weighted by Gasteiger charge is 2.10. The normalized spacial score (nSPS) is 10.6. The molecule has 3 rings (SSSR count). The van der Waals surface area contributed by atoms with Gasteiger partial charge in [-0.25, -0.2) is 0 Å². The molecular weight excluding hydrogens is 292 g/mol. The Morgan fingerprint density at radius 2 is 1.83 bits per heavy atom. The Balaban J connectivity index is 1.70. The van der Waals surface area contributed by atoms with Gasteiger partial charge < -0.3 is 14.0 Å². The molecule has 2 aromatic carbocycles. The van der Waals surface area contributed by atoms with E-state index in [0.29, 0.717) is 11.7 Å². The molecule has 0 atom stereocenters. The van der Waals surface area contributed by atoms with Gasteiger partial charge in [-0.3, -0.25) is 0 Å². The highest BCUT2D eigenvalue weighted by Crippen LogP contribution is 2.22. The van der Waals surface area contributed by atoms with Crippen LogP contribution >= 0.6 is 0 Å². The molecule has 1 aromatic heterocycles. The van der Waals surface area contributed by atoms with Crippen molar-refractivity contribution < 1.29 is 14.0 Å². The standard InChI is InChI=1S/C18H18N2O3/c1-12-4-5-13(2)16(10-12)22-11-17-19-18(23-20-17)14-6-8-15(21-3)9-7-14/h4-10H,11H2,1-3H3. The maximum absolute atomic E-state index is 5.78. The highest BCUT2D eigenvalue weighted by atomic mass is 16.5. The molecule has 5 heteroatoms. The van der Waals surface area contributed by atoms with Gasteiger partial charge in [-0.05, 0) is 55.3 Å². The summed E-state index contributed by atoms with van der Waals surface area (Å²) in [7, 11) is 1.63. The molecule has 0 unspecified atom stereocenters. The van der Waals surface area contributed by atoms with Crippen LogP contribution in [0.1, 0.15) is 17.0 Å². The van der Waals surface area contributed by atoms with Crippen molar-refractivity contribution >= 4 is 0 Å². The van der Waals surface area contributed by atoms with Crippen LogP contribution in [0.5, 0.6) is 11.5 Å². The number of aryl methyl sites for hydroxylation is 2. The van der Waals surface area contributed by atoms with Crippen molar-refractivity contribution in [2.75, 3.05) is 7.11 Å². The summed E-state index contributed by atoms with van der Waals surface area (Å²) < 4.78 is 16.2. The first-order valence-electron chi connectivity index (χ1n) is 7.33. The van der Waals surface area contributed by atoms with E-state index in [0.717, 1.165) is 28.2 Å². The van der Waals surface area contributed by atoms with Gasteiger partial charge in [0.05, 0.1) is 7.11 Å². The van der Waals surface area contributed by atoms with E-state index >= 15 is 0 Å². The van der Waals surface area contributed by atoms with E-state index in [2.05, 4.69) is 16.2 Å². The van der Waals surface area contributed by atoms with Gasteiger partial charge >= 0.3 is 0 Å². The van der Waals surface area contributed by atoms with E-state index in [-0.39, 0.29) is 6.61 Å². The molecule has 0 saturated carbocycles. The van der Waals surface area contributed by atoms with Crippen LogP contribution in [-0.4, -0.2) is 17.3 Å². The third-order valence-electron chi connectivity index (χ3n) is 3.51. The summed E-state index contributed by atoms with van der Waals surface area (Å²) in [5, 5.41) is 3.96. The lowest BCUT2D eigenvalue weighted by molar-refractivity contribution is 0.285. The van der Waals surface area contributed by atoms with Crippen molar-refractivity contribution in [2.45, 2.75) is 20.5 Å². The predicted molar refractivity (Wildman–Crippen MR) is 86.5 cm³/mol. The van der Waals surface area contributed by atoms with Crippen LogP contribution in [0, 0.1) is 13.8 Å². The monoisotopic (exact) mass is 310 g/mol. The van der Waals surface area contributed by atoms with Gasteiger partial charge in [0.25, 0.3) is 5.89 Å². The Labute approximate surface area is 134 Å². The van der Waals surface area contributed by atoms with Crippen molar-refractivity contribution in [3.05, 3.63) is 59.4 Å². The topological polar surface area (TPSA) is 57.4 Å². The number of methoxy groups -OCH3 is 1. The smallest absolute Gasteiger partial charge is 0.258 e. The van der Waals surface area contributed by atoms with Crippen molar-refractivity contribution in [2.24, 2.45) is 0 Å². The molecule has 0 fully saturated rings. The second-order valence-electron chi connectivity index (χ2n) is 5.30. The van der Waals surface area contributed by atoms with E-state index in [1.54, 1.807) is 7.11 Å². The van der Waals surface area contributed by atoms with Crippen molar-refractivity contribution in [3.8, 4) is 23.0 Å². The van der Waals surface area contributed by atoms with Crippen LogP contribution in [0.2, 0.25) is 0 Å².